The molecule has 9 heteroatoms. The number of pyridine rings is 1. The number of fused-ring (bicyclic) bond motifs is 1. The predicted molar refractivity (Wildman–Crippen MR) is 112 cm³/mol. The van der Waals surface area contributed by atoms with Crippen molar-refractivity contribution in [3.63, 3.8) is 0 Å². The van der Waals surface area contributed by atoms with Gasteiger partial charge >= 0.3 is 6.03 Å². The van der Waals surface area contributed by atoms with Crippen LogP contribution in [-0.4, -0.2) is 49.5 Å². The van der Waals surface area contributed by atoms with Crippen LogP contribution in [0.1, 0.15) is 6.42 Å². The fraction of sp³-hybridized carbons (Fsp3) is 0.182. The molecule has 1 fully saturated rings. The Balaban J connectivity index is 1.44. The van der Waals surface area contributed by atoms with Crippen LogP contribution in [0.25, 0.3) is 28.2 Å². The van der Waals surface area contributed by atoms with E-state index in [1.54, 1.807) is 29.2 Å². The van der Waals surface area contributed by atoms with Gasteiger partial charge in [-0.1, -0.05) is 6.07 Å². The topological polar surface area (TPSA) is 75.4 Å². The number of benzene rings is 1. The van der Waals surface area contributed by atoms with E-state index in [0.717, 1.165) is 11.1 Å². The first-order chi connectivity index (χ1) is 15.1. The van der Waals surface area contributed by atoms with E-state index < -0.39 is 18.0 Å². The molecule has 1 atom stereocenters. The van der Waals surface area contributed by atoms with Crippen molar-refractivity contribution in [2.45, 2.75) is 12.6 Å². The summed E-state index contributed by atoms with van der Waals surface area (Å²) in [4.78, 5) is 26.6. The monoisotopic (exact) mass is 420 g/mol. The normalized spacial score (nSPS) is 16.1. The molecule has 5 rings (SSSR count). The highest BCUT2D eigenvalue weighted by molar-refractivity contribution is 5.90. The molecule has 156 valence electrons. The van der Waals surface area contributed by atoms with Crippen molar-refractivity contribution in [1.29, 1.82) is 0 Å². The fourth-order valence-corrected chi connectivity index (χ4v) is 3.60. The summed E-state index contributed by atoms with van der Waals surface area (Å²) in [5.74, 6) is -0.0542. The maximum atomic E-state index is 14.6. The number of anilines is 1. The number of carbonyl (C=O) groups excluding carboxylic acids is 1. The molecule has 0 saturated carbocycles. The Bertz CT molecular complexity index is 1260. The van der Waals surface area contributed by atoms with Crippen LogP contribution in [0, 0.1) is 5.82 Å². The lowest BCUT2D eigenvalue weighted by atomic mass is 10.1. The number of likely N-dealkylation sites (tertiary alicyclic amines) is 1. The predicted octanol–water partition coefficient (Wildman–Crippen LogP) is 4.17. The van der Waals surface area contributed by atoms with Crippen LogP contribution in [0.2, 0.25) is 0 Å². The van der Waals surface area contributed by atoms with Gasteiger partial charge < -0.3 is 10.2 Å². The number of hydrogen-bond acceptors (Lipinski definition) is 4. The quantitative estimate of drug-likeness (QED) is 0.540. The molecule has 0 radical (unpaired) electrons. The Morgan fingerprint density at radius 2 is 2.06 bits per heavy atom. The lowest BCUT2D eigenvalue weighted by Gasteiger charge is -2.16. The van der Waals surface area contributed by atoms with Gasteiger partial charge in [0, 0.05) is 59.9 Å². The van der Waals surface area contributed by atoms with Crippen molar-refractivity contribution in [2.24, 2.45) is 0 Å². The van der Waals surface area contributed by atoms with Crippen molar-refractivity contribution in [3.8, 4) is 22.4 Å². The number of imidazole rings is 1. The summed E-state index contributed by atoms with van der Waals surface area (Å²) in [6.07, 6.45) is 7.97. The number of alkyl halides is 1. The smallest absolute Gasteiger partial charge is 0.321 e. The summed E-state index contributed by atoms with van der Waals surface area (Å²) < 4.78 is 29.6. The zero-order chi connectivity index (χ0) is 21.4. The molecule has 1 N–H and O–H groups in total. The van der Waals surface area contributed by atoms with E-state index in [-0.39, 0.29) is 12.1 Å². The first-order valence-corrected chi connectivity index (χ1v) is 9.82. The Morgan fingerprint density at radius 1 is 1.16 bits per heavy atom. The summed E-state index contributed by atoms with van der Waals surface area (Å²) in [5, 5.41) is 2.70. The van der Waals surface area contributed by atoms with Gasteiger partial charge in [-0.3, -0.25) is 9.38 Å². The minimum Gasteiger partial charge on any atom is -0.322 e. The van der Waals surface area contributed by atoms with Gasteiger partial charge in [0.05, 0.1) is 12.2 Å². The van der Waals surface area contributed by atoms with E-state index in [0.29, 0.717) is 30.1 Å². The van der Waals surface area contributed by atoms with Crippen LogP contribution in [0.5, 0.6) is 0 Å². The molecule has 0 unspecified atom stereocenters. The second-order valence-corrected chi connectivity index (χ2v) is 7.37. The van der Waals surface area contributed by atoms with Gasteiger partial charge in [-0.05, 0) is 30.7 Å². The number of urea groups is 1. The van der Waals surface area contributed by atoms with Crippen LogP contribution in [-0.2, 0) is 0 Å². The van der Waals surface area contributed by atoms with Gasteiger partial charge in [-0.15, -0.1) is 0 Å². The van der Waals surface area contributed by atoms with Gasteiger partial charge in [0.1, 0.15) is 12.0 Å². The van der Waals surface area contributed by atoms with Crippen LogP contribution in [0.4, 0.5) is 19.3 Å². The molecule has 7 nitrogen and oxygen atoms in total. The van der Waals surface area contributed by atoms with E-state index in [2.05, 4.69) is 20.3 Å². The summed E-state index contributed by atoms with van der Waals surface area (Å²) in [6, 6.07) is 7.60. The number of halogens is 2. The number of hydrogen-bond donors (Lipinski definition) is 1. The van der Waals surface area contributed by atoms with Gasteiger partial charge in [-0.25, -0.2) is 23.5 Å². The summed E-state index contributed by atoms with van der Waals surface area (Å²) in [7, 11) is 0. The maximum absolute atomic E-state index is 14.6. The molecule has 1 saturated heterocycles. The first-order valence-electron chi connectivity index (χ1n) is 9.82. The Hall–Kier alpha value is -3.88. The molecule has 0 bridgehead atoms. The molecule has 1 aliphatic heterocycles. The number of aromatic nitrogens is 4. The molecule has 0 aliphatic carbocycles. The van der Waals surface area contributed by atoms with E-state index in [9.17, 15) is 13.6 Å². The first kappa shape index (κ1) is 19.1. The SMILES string of the molecule is O=C(Nc1ccc(F)c(-c2cn3cc(-c4cccnc4)cnc3n2)c1)N1CC[C@@H](F)C1. The number of nitrogens with one attached hydrogen (secondary N) is 1. The molecule has 1 aromatic carbocycles. The van der Waals surface area contributed by atoms with E-state index in [4.69, 9.17) is 0 Å². The van der Waals surface area contributed by atoms with Gasteiger partial charge in [0.25, 0.3) is 0 Å². The summed E-state index contributed by atoms with van der Waals surface area (Å²) in [5.41, 5.74) is 2.78. The third-order valence-corrected chi connectivity index (χ3v) is 5.22. The third-order valence-electron chi connectivity index (χ3n) is 5.22. The molecule has 1 aliphatic rings. The van der Waals surface area contributed by atoms with Crippen LogP contribution >= 0.6 is 0 Å². The molecule has 4 aromatic rings. The van der Waals surface area contributed by atoms with Crippen LogP contribution in [0.3, 0.4) is 0 Å². The maximum Gasteiger partial charge on any atom is 0.321 e. The van der Waals surface area contributed by atoms with Crippen molar-refractivity contribution in [1.82, 2.24) is 24.3 Å². The number of amides is 2. The van der Waals surface area contributed by atoms with Crippen molar-refractivity contribution in [2.75, 3.05) is 18.4 Å². The largest absolute Gasteiger partial charge is 0.322 e. The second-order valence-electron chi connectivity index (χ2n) is 7.37. The lowest BCUT2D eigenvalue weighted by Crippen LogP contribution is -2.33. The highest BCUT2D eigenvalue weighted by atomic mass is 19.1. The van der Waals surface area contributed by atoms with Crippen LogP contribution < -0.4 is 5.32 Å². The Morgan fingerprint density at radius 3 is 2.84 bits per heavy atom. The molecule has 3 aromatic heterocycles. The van der Waals surface area contributed by atoms with Crippen molar-refractivity contribution < 1.29 is 13.6 Å². The number of rotatable bonds is 3. The number of carbonyl (C=O) groups is 1. The van der Waals surface area contributed by atoms with E-state index in [1.165, 1.54) is 23.1 Å². The molecule has 4 heterocycles. The fourth-order valence-electron chi connectivity index (χ4n) is 3.60. The van der Waals surface area contributed by atoms with Crippen molar-refractivity contribution in [3.05, 3.63) is 67.1 Å². The minimum atomic E-state index is -1.00. The highest BCUT2D eigenvalue weighted by Gasteiger charge is 2.26. The average Bonchev–Trinajstić information content (AvgIpc) is 3.41. The van der Waals surface area contributed by atoms with E-state index in [1.807, 2.05) is 18.3 Å². The Kier molecular flexibility index (Phi) is 4.78. The molecular weight excluding hydrogens is 402 g/mol. The molecular formula is C22H18F2N6O. The van der Waals surface area contributed by atoms with Crippen molar-refractivity contribution >= 4 is 17.5 Å². The third kappa shape index (κ3) is 3.81. The standard InChI is InChI=1S/C22H18F2N6O/c23-16-5-7-29(12-16)22(31)27-17-3-4-19(24)18(8-17)20-13-30-11-15(10-26-21(30)28-20)14-2-1-6-25-9-14/h1-4,6,8-11,13,16H,5,7,12H2,(H,27,31)/t16-/m1/s1. The summed E-state index contributed by atoms with van der Waals surface area (Å²) >= 11 is 0. The van der Waals surface area contributed by atoms with Gasteiger partial charge in [0.15, 0.2) is 0 Å². The van der Waals surface area contributed by atoms with Gasteiger partial charge in [-0.2, -0.15) is 0 Å². The molecule has 0 spiro atoms. The molecule has 31 heavy (non-hydrogen) atoms. The van der Waals surface area contributed by atoms with E-state index >= 15 is 0 Å². The minimum absolute atomic E-state index is 0.0667. The average molecular weight is 420 g/mol. The number of nitrogens with zero attached hydrogens (tertiary/aromatic N) is 5. The highest BCUT2D eigenvalue weighted by Crippen LogP contribution is 2.27. The zero-order valence-corrected chi connectivity index (χ0v) is 16.4. The lowest BCUT2D eigenvalue weighted by molar-refractivity contribution is 0.218. The summed E-state index contributed by atoms with van der Waals surface area (Å²) in [6.45, 7) is 0.426. The van der Waals surface area contributed by atoms with Crippen LogP contribution in [0.15, 0.2) is 61.3 Å². The Labute approximate surface area is 176 Å². The zero-order valence-electron chi connectivity index (χ0n) is 16.4. The molecule has 2 amide bonds. The van der Waals surface area contributed by atoms with Gasteiger partial charge in [0.2, 0.25) is 5.78 Å². The second kappa shape index (κ2) is 7.75.